The maximum Gasteiger partial charge on any atom is 0.308 e. The van der Waals surface area contributed by atoms with E-state index in [2.05, 4.69) is 20.9 Å². The minimum atomic E-state index is -0.875. The molecule has 0 amide bonds. The Balaban J connectivity index is 1.99. The van der Waals surface area contributed by atoms with E-state index in [0.717, 1.165) is 8.79 Å². The molecule has 100 valence electrons. The smallest absolute Gasteiger partial charge is 0.308 e. The van der Waals surface area contributed by atoms with E-state index < -0.39 is 5.60 Å². The molecule has 1 aromatic heterocycles. The Kier molecular flexibility index (Phi) is 4.40. The Morgan fingerprint density at radius 2 is 2.33 bits per heavy atom. The fourth-order valence-corrected chi connectivity index (χ4v) is 3.63. The second kappa shape index (κ2) is 5.67. The molecule has 1 aromatic rings. The molecule has 0 unspecified atom stereocenters. The minimum absolute atomic E-state index is 0.0753. The lowest BCUT2D eigenvalue weighted by molar-refractivity contribution is -0.151. The Hall–Kier alpha value is -0.460. The van der Waals surface area contributed by atoms with Gasteiger partial charge in [-0.15, -0.1) is 11.3 Å². The van der Waals surface area contributed by atoms with Crippen molar-refractivity contribution >= 4 is 33.2 Å². The molecular formula is C12H16BrNO3S. The SMILES string of the molecule is CCOC(=O)C1CCC(O)(c2ncc(Br)s2)CC1. The van der Waals surface area contributed by atoms with Crippen molar-refractivity contribution in [3.05, 3.63) is 15.0 Å². The third kappa shape index (κ3) is 2.92. The van der Waals surface area contributed by atoms with E-state index in [0.29, 0.717) is 32.3 Å². The summed E-state index contributed by atoms with van der Waals surface area (Å²) in [5.74, 6) is -0.214. The molecule has 0 spiro atoms. The third-order valence-electron chi connectivity index (χ3n) is 3.31. The topological polar surface area (TPSA) is 59.4 Å². The van der Waals surface area contributed by atoms with Crippen molar-refractivity contribution in [3.8, 4) is 0 Å². The molecule has 0 aromatic carbocycles. The molecule has 1 N–H and O–H groups in total. The van der Waals surface area contributed by atoms with Crippen LogP contribution >= 0.6 is 27.3 Å². The number of hydrogen-bond donors (Lipinski definition) is 1. The van der Waals surface area contributed by atoms with Crippen LogP contribution in [-0.4, -0.2) is 22.7 Å². The number of rotatable bonds is 3. The highest BCUT2D eigenvalue weighted by Crippen LogP contribution is 2.41. The summed E-state index contributed by atoms with van der Waals surface area (Å²) in [7, 11) is 0. The van der Waals surface area contributed by atoms with Gasteiger partial charge in [-0.05, 0) is 48.5 Å². The van der Waals surface area contributed by atoms with Crippen LogP contribution < -0.4 is 0 Å². The largest absolute Gasteiger partial charge is 0.466 e. The molecule has 1 heterocycles. The van der Waals surface area contributed by atoms with E-state index in [9.17, 15) is 9.90 Å². The van der Waals surface area contributed by atoms with Gasteiger partial charge >= 0.3 is 5.97 Å². The van der Waals surface area contributed by atoms with Crippen LogP contribution in [0, 0.1) is 5.92 Å². The lowest BCUT2D eigenvalue weighted by Crippen LogP contribution is -2.34. The predicted molar refractivity (Wildman–Crippen MR) is 72.3 cm³/mol. The van der Waals surface area contributed by atoms with E-state index in [1.54, 1.807) is 6.20 Å². The van der Waals surface area contributed by atoms with E-state index in [1.165, 1.54) is 11.3 Å². The summed E-state index contributed by atoms with van der Waals surface area (Å²) in [5.41, 5.74) is -0.875. The van der Waals surface area contributed by atoms with Crippen LogP contribution in [0.4, 0.5) is 0 Å². The van der Waals surface area contributed by atoms with Crippen LogP contribution in [0.15, 0.2) is 9.98 Å². The first-order valence-corrected chi connectivity index (χ1v) is 7.67. The second-order valence-corrected chi connectivity index (χ2v) is 6.94. The number of carbonyl (C=O) groups excluding carboxylic acids is 1. The van der Waals surface area contributed by atoms with Crippen molar-refractivity contribution in [2.24, 2.45) is 5.92 Å². The molecule has 1 fully saturated rings. The van der Waals surface area contributed by atoms with Gasteiger partial charge in [0.25, 0.3) is 0 Å². The maximum atomic E-state index is 11.6. The van der Waals surface area contributed by atoms with Gasteiger partial charge in [-0.1, -0.05) is 0 Å². The van der Waals surface area contributed by atoms with Crippen LogP contribution in [0.3, 0.4) is 0 Å². The van der Waals surface area contributed by atoms with Gasteiger partial charge in [0.2, 0.25) is 0 Å². The van der Waals surface area contributed by atoms with Gasteiger partial charge in [0.05, 0.1) is 22.5 Å². The standard InChI is InChI=1S/C12H16BrNO3S/c1-2-17-10(15)8-3-5-12(16,6-4-8)11-14-7-9(13)18-11/h7-8,16H,2-6H2,1H3. The zero-order chi connectivity index (χ0) is 13.2. The van der Waals surface area contributed by atoms with Crippen molar-refractivity contribution in [3.63, 3.8) is 0 Å². The number of aliphatic hydroxyl groups is 1. The molecule has 18 heavy (non-hydrogen) atoms. The fourth-order valence-electron chi connectivity index (χ4n) is 2.27. The Morgan fingerprint density at radius 1 is 1.67 bits per heavy atom. The second-order valence-electron chi connectivity index (χ2n) is 4.53. The molecule has 6 heteroatoms. The summed E-state index contributed by atoms with van der Waals surface area (Å²) >= 11 is 4.80. The highest BCUT2D eigenvalue weighted by Gasteiger charge is 2.39. The van der Waals surface area contributed by atoms with Crippen LogP contribution in [-0.2, 0) is 15.1 Å². The number of thiazole rings is 1. The molecule has 1 aliphatic carbocycles. The normalized spacial score (nSPS) is 28.1. The average molecular weight is 334 g/mol. The molecule has 0 aliphatic heterocycles. The number of carbonyl (C=O) groups is 1. The summed E-state index contributed by atoms with van der Waals surface area (Å²) in [5, 5.41) is 11.3. The van der Waals surface area contributed by atoms with Crippen LogP contribution in [0.2, 0.25) is 0 Å². The molecule has 4 nitrogen and oxygen atoms in total. The number of aromatic nitrogens is 1. The van der Waals surface area contributed by atoms with Crippen molar-refractivity contribution in [1.82, 2.24) is 4.98 Å². The first kappa shape index (κ1) is 14.0. The van der Waals surface area contributed by atoms with Crippen LogP contribution in [0.1, 0.15) is 37.6 Å². The van der Waals surface area contributed by atoms with Gasteiger partial charge in [-0.25, -0.2) is 4.98 Å². The van der Waals surface area contributed by atoms with Gasteiger partial charge in [-0.2, -0.15) is 0 Å². The fraction of sp³-hybridized carbons (Fsp3) is 0.667. The van der Waals surface area contributed by atoms with E-state index >= 15 is 0 Å². The first-order chi connectivity index (χ1) is 8.55. The van der Waals surface area contributed by atoms with E-state index in [-0.39, 0.29) is 11.9 Å². The van der Waals surface area contributed by atoms with Crippen LogP contribution in [0.5, 0.6) is 0 Å². The molecule has 1 saturated carbocycles. The minimum Gasteiger partial charge on any atom is -0.466 e. The molecule has 0 radical (unpaired) electrons. The van der Waals surface area contributed by atoms with Crippen molar-refractivity contribution in [1.29, 1.82) is 0 Å². The maximum absolute atomic E-state index is 11.6. The lowest BCUT2D eigenvalue weighted by Gasteiger charge is -2.33. The molecule has 0 bridgehead atoms. The monoisotopic (exact) mass is 333 g/mol. The predicted octanol–water partition coefficient (Wildman–Crippen LogP) is 2.85. The molecule has 0 saturated heterocycles. The highest BCUT2D eigenvalue weighted by atomic mass is 79.9. The van der Waals surface area contributed by atoms with Crippen LogP contribution in [0.25, 0.3) is 0 Å². The van der Waals surface area contributed by atoms with Gasteiger partial charge < -0.3 is 9.84 Å². The average Bonchev–Trinajstić information content (AvgIpc) is 2.78. The summed E-state index contributed by atoms with van der Waals surface area (Å²) in [6.07, 6.45) is 4.15. The number of hydrogen-bond acceptors (Lipinski definition) is 5. The Bertz CT molecular complexity index is 427. The summed E-state index contributed by atoms with van der Waals surface area (Å²) in [6.45, 7) is 2.23. The van der Waals surface area contributed by atoms with Crippen molar-refractivity contribution in [2.45, 2.75) is 38.2 Å². The lowest BCUT2D eigenvalue weighted by atomic mass is 9.79. The zero-order valence-electron chi connectivity index (χ0n) is 10.2. The van der Waals surface area contributed by atoms with E-state index in [4.69, 9.17) is 4.74 Å². The van der Waals surface area contributed by atoms with Gasteiger partial charge in [-0.3, -0.25) is 4.79 Å². The van der Waals surface area contributed by atoms with Gasteiger partial charge in [0.15, 0.2) is 0 Å². The first-order valence-electron chi connectivity index (χ1n) is 6.06. The zero-order valence-corrected chi connectivity index (χ0v) is 12.6. The van der Waals surface area contributed by atoms with E-state index in [1.807, 2.05) is 6.92 Å². The third-order valence-corrected chi connectivity index (χ3v) is 4.98. The number of ether oxygens (including phenoxy) is 1. The van der Waals surface area contributed by atoms with Gasteiger partial charge in [0.1, 0.15) is 10.6 Å². The number of halogens is 1. The number of esters is 1. The Labute approximate surface area is 119 Å². The summed E-state index contributed by atoms with van der Waals surface area (Å²) in [6, 6.07) is 0. The molecule has 2 rings (SSSR count). The number of nitrogens with zero attached hydrogens (tertiary/aromatic N) is 1. The van der Waals surface area contributed by atoms with Crippen molar-refractivity contribution in [2.75, 3.05) is 6.61 Å². The molecular weight excluding hydrogens is 318 g/mol. The van der Waals surface area contributed by atoms with Crippen molar-refractivity contribution < 1.29 is 14.6 Å². The highest BCUT2D eigenvalue weighted by molar-refractivity contribution is 9.11. The molecule has 0 atom stereocenters. The summed E-state index contributed by atoms with van der Waals surface area (Å²) in [4.78, 5) is 15.8. The Morgan fingerprint density at radius 3 is 2.83 bits per heavy atom. The quantitative estimate of drug-likeness (QED) is 0.864. The van der Waals surface area contributed by atoms with Gasteiger partial charge in [0, 0.05) is 0 Å². The molecule has 1 aliphatic rings. The summed E-state index contributed by atoms with van der Waals surface area (Å²) < 4.78 is 5.93.